The third-order valence-electron chi connectivity index (χ3n) is 6.52. The van der Waals surface area contributed by atoms with Gasteiger partial charge in [-0.3, -0.25) is 9.59 Å². The fourth-order valence-corrected chi connectivity index (χ4v) is 4.53. The highest BCUT2D eigenvalue weighted by molar-refractivity contribution is 5.92. The van der Waals surface area contributed by atoms with Crippen molar-refractivity contribution in [3.63, 3.8) is 0 Å². The van der Waals surface area contributed by atoms with Crippen molar-refractivity contribution in [2.75, 3.05) is 26.2 Å². The van der Waals surface area contributed by atoms with Crippen LogP contribution in [0.2, 0.25) is 0 Å². The van der Waals surface area contributed by atoms with Crippen LogP contribution in [0.25, 0.3) is 11.0 Å². The number of imidazole rings is 1. The fraction of sp³-hybridized carbons (Fsp3) is 0.308. The second-order valence-electron chi connectivity index (χ2n) is 9.22. The molecule has 0 aliphatic carbocycles. The van der Waals surface area contributed by atoms with Crippen molar-refractivity contribution in [1.29, 1.82) is 0 Å². The number of fused-ring (bicyclic) bond motifs is 1. The van der Waals surface area contributed by atoms with Crippen LogP contribution in [0.4, 0.5) is 4.39 Å². The van der Waals surface area contributed by atoms with Gasteiger partial charge in [0.15, 0.2) is 11.6 Å². The molecule has 4 heterocycles. The minimum Gasteiger partial charge on any atom is -0.453 e. The topological polar surface area (TPSA) is 122 Å². The van der Waals surface area contributed by atoms with Gasteiger partial charge in [-0.15, -0.1) is 0 Å². The van der Waals surface area contributed by atoms with Crippen LogP contribution in [-0.2, 0) is 18.3 Å². The molecule has 0 spiro atoms. The quantitative estimate of drug-likeness (QED) is 0.415. The van der Waals surface area contributed by atoms with Gasteiger partial charge in [-0.1, -0.05) is 6.07 Å². The number of aromatic amines is 1. The summed E-state index contributed by atoms with van der Waals surface area (Å²) >= 11 is 0. The monoisotopic (exact) mass is 505 g/mol. The standard InChI is InChI=1S/C26H28FN7O3/c1-16-13-30-24-23(16)22(5-6-29-24)37-21-4-3-17(11-18(21)27)12-19(28)25(35)33-7-9-34(10-8-33)26(36)20-14-32(2)15-31-20/h3-6,11,13-15,19H,7-10,12,28H2,1-2H3,(H,29,30)/t19-/m0/s1. The lowest BCUT2D eigenvalue weighted by molar-refractivity contribution is -0.134. The minimum atomic E-state index is -0.827. The number of nitrogens with two attached hydrogens (primary N) is 1. The highest BCUT2D eigenvalue weighted by atomic mass is 19.1. The van der Waals surface area contributed by atoms with E-state index in [1.54, 1.807) is 52.3 Å². The van der Waals surface area contributed by atoms with E-state index in [-0.39, 0.29) is 24.0 Å². The minimum absolute atomic E-state index is 0.0745. The Hall–Kier alpha value is -4.25. The second-order valence-corrected chi connectivity index (χ2v) is 9.22. The zero-order chi connectivity index (χ0) is 26.1. The summed E-state index contributed by atoms with van der Waals surface area (Å²) in [5.74, 6) is -0.355. The SMILES string of the molecule is Cc1c[nH]c2nccc(Oc3ccc(C[C@H](N)C(=O)N4CCN(C(=O)c5cn(C)cn5)CC4)cc3F)c12. The second kappa shape index (κ2) is 10.0. The molecule has 1 aromatic carbocycles. The first-order chi connectivity index (χ1) is 17.8. The third-order valence-corrected chi connectivity index (χ3v) is 6.52. The predicted octanol–water partition coefficient (Wildman–Crippen LogP) is 2.39. The van der Waals surface area contributed by atoms with Crippen LogP contribution in [0.15, 0.2) is 49.2 Å². The van der Waals surface area contributed by atoms with E-state index >= 15 is 0 Å². The number of hydrogen-bond donors (Lipinski definition) is 2. The Labute approximate surface area is 212 Å². The van der Waals surface area contributed by atoms with E-state index in [4.69, 9.17) is 10.5 Å². The molecule has 4 aromatic rings. The molecule has 0 saturated carbocycles. The van der Waals surface area contributed by atoms with Crippen molar-refractivity contribution in [1.82, 2.24) is 29.3 Å². The first kappa shape index (κ1) is 24.4. The average Bonchev–Trinajstić information content (AvgIpc) is 3.51. The third kappa shape index (κ3) is 5.03. The zero-order valence-corrected chi connectivity index (χ0v) is 20.6. The summed E-state index contributed by atoms with van der Waals surface area (Å²) in [6.45, 7) is 3.48. The lowest BCUT2D eigenvalue weighted by Crippen LogP contribution is -2.54. The molecule has 1 aliphatic heterocycles. The maximum atomic E-state index is 14.9. The van der Waals surface area contributed by atoms with Crippen LogP contribution in [0.1, 0.15) is 21.6 Å². The van der Waals surface area contributed by atoms with Gasteiger partial charge in [-0.25, -0.2) is 14.4 Å². The molecular formula is C26H28FN7O3. The number of carbonyl (C=O) groups excluding carboxylic acids is 2. The summed E-state index contributed by atoms with van der Waals surface area (Å²) in [7, 11) is 1.80. The molecule has 192 valence electrons. The largest absolute Gasteiger partial charge is 0.453 e. The molecule has 1 fully saturated rings. The highest BCUT2D eigenvalue weighted by Crippen LogP contribution is 2.32. The predicted molar refractivity (Wildman–Crippen MR) is 135 cm³/mol. The van der Waals surface area contributed by atoms with Gasteiger partial charge in [0, 0.05) is 51.8 Å². The van der Waals surface area contributed by atoms with Crippen LogP contribution in [-0.4, -0.2) is 73.4 Å². The molecule has 1 aliphatic rings. The number of piperazine rings is 1. The van der Waals surface area contributed by atoms with Gasteiger partial charge >= 0.3 is 0 Å². The summed E-state index contributed by atoms with van der Waals surface area (Å²) in [5.41, 5.74) is 8.78. The molecule has 3 N–H and O–H groups in total. The number of aryl methyl sites for hydroxylation is 2. The van der Waals surface area contributed by atoms with Gasteiger partial charge in [-0.05, 0) is 42.7 Å². The molecule has 11 heteroatoms. The van der Waals surface area contributed by atoms with E-state index in [1.165, 1.54) is 12.1 Å². The number of pyridine rings is 1. The van der Waals surface area contributed by atoms with E-state index in [2.05, 4.69) is 15.0 Å². The Morgan fingerprint density at radius 3 is 2.59 bits per heavy atom. The number of ether oxygens (including phenoxy) is 1. The molecule has 1 saturated heterocycles. The van der Waals surface area contributed by atoms with Crippen LogP contribution >= 0.6 is 0 Å². The van der Waals surface area contributed by atoms with Crippen LogP contribution in [0, 0.1) is 12.7 Å². The number of benzene rings is 1. The maximum absolute atomic E-state index is 14.9. The molecule has 0 bridgehead atoms. The first-order valence-corrected chi connectivity index (χ1v) is 12.0. The van der Waals surface area contributed by atoms with Crippen LogP contribution < -0.4 is 10.5 Å². The Morgan fingerprint density at radius 2 is 1.89 bits per heavy atom. The number of halogens is 1. The first-order valence-electron chi connectivity index (χ1n) is 12.0. The van der Waals surface area contributed by atoms with Gasteiger partial charge in [0.2, 0.25) is 5.91 Å². The highest BCUT2D eigenvalue weighted by Gasteiger charge is 2.28. The molecular weight excluding hydrogens is 477 g/mol. The van der Waals surface area contributed by atoms with Crippen molar-refractivity contribution in [3.8, 4) is 11.5 Å². The lowest BCUT2D eigenvalue weighted by atomic mass is 10.0. The number of nitrogens with one attached hydrogen (secondary N) is 1. The summed E-state index contributed by atoms with van der Waals surface area (Å²) in [6, 6.07) is 5.45. The summed E-state index contributed by atoms with van der Waals surface area (Å²) < 4.78 is 22.5. The van der Waals surface area contributed by atoms with Crippen LogP contribution in [0.5, 0.6) is 11.5 Å². The number of aromatic nitrogens is 4. The Balaban J connectivity index is 1.18. The number of carbonyl (C=O) groups is 2. The summed E-state index contributed by atoms with van der Waals surface area (Å²) in [6.07, 6.45) is 6.84. The molecule has 0 radical (unpaired) electrons. The van der Waals surface area contributed by atoms with Crippen molar-refractivity contribution in [2.24, 2.45) is 12.8 Å². The molecule has 10 nitrogen and oxygen atoms in total. The Morgan fingerprint density at radius 1 is 1.14 bits per heavy atom. The van der Waals surface area contributed by atoms with Crippen LogP contribution in [0.3, 0.4) is 0 Å². The number of rotatable bonds is 6. The van der Waals surface area contributed by atoms with Gasteiger partial charge < -0.3 is 29.8 Å². The van der Waals surface area contributed by atoms with Crippen molar-refractivity contribution >= 4 is 22.8 Å². The van der Waals surface area contributed by atoms with Crippen molar-refractivity contribution < 1.29 is 18.7 Å². The summed E-state index contributed by atoms with van der Waals surface area (Å²) in [5, 5.41) is 0.792. The van der Waals surface area contributed by atoms with E-state index < -0.39 is 11.9 Å². The van der Waals surface area contributed by atoms with E-state index in [9.17, 15) is 14.0 Å². The molecule has 5 rings (SSSR count). The smallest absolute Gasteiger partial charge is 0.274 e. The summed E-state index contributed by atoms with van der Waals surface area (Å²) in [4.78, 5) is 40.2. The number of hydrogen-bond acceptors (Lipinski definition) is 6. The molecule has 2 amide bonds. The van der Waals surface area contributed by atoms with E-state index in [1.807, 2.05) is 13.1 Å². The zero-order valence-electron chi connectivity index (χ0n) is 20.6. The molecule has 0 unspecified atom stereocenters. The van der Waals surface area contributed by atoms with Gasteiger partial charge in [0.05, 0.1) is 17.8 Å². The average molecular weight is 506 g/mol. The maximum Gasteiger partial charge on any atom is 0.274 e. The van der Waals surface area contributed by atoms with Gasteiger partial charge in [0.1, 0.15) is 17.1 Å². The number of amides is 2. The normalized spacial score (nSPS) is 14.7. The van der Waals surface area contributed by atoms with E-state index in [0.29, 0.717) is 48.8 Å². The Kier molecular flexibility index (Phi) is 6.62. The molecule has 3 aromatic heterocycles. The van der Waals surface area contributed by atoms with Gasteiger partial charge in [0.25, 0.3) is 5.91 Å². The van der Waals surface area contributed by atoms with E-state index in [0.717, 1.165) is 10.9 Å². The molecule has 1 atom stereocenters. The fourth-order valence-electron chi connectivity index (χ4n) is 4.53. The lowest BCUT2D eigenvalue weighted by Gasteiger charge is -2.35. The number of H-pyrrole nitrogens is 1. The number of nitrogens with zero attached hydrogens (tertiary/aromatic N) is 5. The van der Waals surface area contributed by atoms with Crippen molar-refractivity contribution in [2.45, 2.75) is 19.4 Å². The van der Waals surface area contributed by atoms with Crippen molar-refractivity contribution in [3.05, 3.63) is 71.8 Å². The van der Waals surface area contributed by atoms with Gasteiger partial charge in [-0.2, -0.15) is 0 Å². The Bertz CT molecular complexity index is 1460. The molecule has 37 heavy (non-hydrogen) atoms.